The maximum absolute atomic E-state index is 10.7. The van der Waals surface area contributed by atoms with Gasteiger partial charge in [0.25, 0.3) is 0 Å². The van der Waals surface area contributed by atoms with Crippen molar-refractivity contribution in [1.82, 2.24) is 5.32 Å². The van der Waals surface area contributed by atoms with Crippen molar-refractivity contribution in [3.8, 4) is 0 Å². The van der Waals surface area contributed by atoms with Crippen LogP contribution in [0.2, 0.25) is 13.3 Å². The Hall–Kier alpha value is -0.231. The second kappa shape index (κ2) is 11.3. The van der Waals surface area contributed by atoms with E-state index in [0.717, 1.165) is 0 Å². The summed E-state index contributed by atoms with van der Waals surface area (Å²) in [6.45, 7) is 7.35. The zero-order valence-electron chi connectivity index (χ0n) is 15.0. The van der Waals surface area contributed by atoms with E-state index >= 15 is 0 Å². The van der Waals surface area contributed by atoms with Crippen molar-refractivity contribution in [2.75, 3.05) is 0 Å². The molecule has 0 bridgehead atoms. The summed E-state index contributed by atoms with van der Waals surface area (Å²) < 4.78 is 6.09. The first-order valence-electron chi connectivity index (χ1n) is 9.14. The molecule has 0 radical (unpaired) electrons. The van der Waals surface area contributed by atoms with Crippen LogP contribution in [0.15, 0.2) is 12.1 Å². The van der Waals surface area contributed by atoms with E-state index in [-0.39, 0.29) is 0 Å². The number of hydrogen-bond donors (Lipinski definition) is 2. The number of nitrogens with one attached hydrogen (secondary N) is 1. The van der Waals surface area contributed by atoms with Crippen LogP contribution in [0.5, 0.6) is 0 Å². The fourth-order valence-corrected chi connectivity index (χ4v) is 23.5. The van der Waals surface area contributed by atoms with Crippen LogP contribution in [0.3, 0.4) is 0 Å². The third kappa shape index (κ3) is 7.04. The minimum atomic E-state index is -2.31. The van der Waals surface area contributed by atoms with Crippen molar-refractivity contribution >= 4 is 38.7 Å². The van der Waals surface area contributed by atoms with Crippen LogP contribution < -0.4 is 8.21 Å². The molecule has 0 atom stereocenters. The Morgan fingerprint density at radius 1 is 1.04 bits per heavy atom. The molecule has 0 saturated heterocycles. The first-order chi connectivity index (χ1) is 11.1. The molecule has 0 aromatic carbocycles. The van der Waals surface area contributed by atoms with Crippen molar-refractivity contribution in [2.45, 2.75) is 79.2 Å². The predicted molar refractivity (Wildman–Crippen MR) is 104 cm³/mol. The molecule has 23 heavy (non-hydrogen) atoms. The van der Waals surface area contributed by atoms with Crippen LogP contribution in [0.4, 0.5) is 4.79 Å². The molecule has 2 N–H and O–H groups in total. The van der Waals surface area contributed by atoms with E-state index < -0.39 is 24.5 Å². The molecule has 0 aliphatic carbocycles. The van der Waals surface area contributed by atoms with Gasteiger partial charge in [0.1, 0.15) is 0 Å². The molecule has 1 rings (SSSR count). The van der Waals surface area contributed by atoms with Crippen molar-refractivity contribution in [2.24, 2.45) is 0 Å². The zero-order valence-corrected chi connectivity index (χ0v) is 18.7. The summed E-state index contributed by atoms with van der Waals surface area (Å²) in [4.78, 5) is 11.9. The van der Waals surface area contributed by atoms with Gasteiger partial charge in [-0.15, -0.1) is 0 Å². The zero-order chi connectivity index (χ0) is 17.1. The maximum atomic E-state index is 10.7. The van der Waals surface area contributed by atoms with E-state index in [9.17, 15) is 4.79 Å². The number of thiophene rings is 1. The van der Waals surface area contributed by atoms with Gasteiger partial charge in [-0.3, -0.25) is 0 Å². The van der Waals surface area contributed by atoms with Gasteiger partial charge in [-0.05, 0) is 0 Å². The van der Waals surface area contributed by atoms with Gasteiger partial charge >= 0.3 is 150 Å². The Kier molecular flexibility index (Phi) is 10.3. The molecule has 5 heteroatoms. The summed E-state index contributed by atoms with van der Waals surface area (Å²) in [6, 6.07) is 4.51. The van der Waals surface area contributed by atoms with E-state index in [1.165, 1.54) is 56.7 Å². The molecule has 132 valence electrons. The van der Waals surface area contributed by atoms with E-state index in [1.54, 1.807) is 2.89 Å². The molecule has 3 nitrogen and oxygen atoms in total. The summed E-state index contributed by atoms with van der Waals surface area (Å²) >= 11 is -0.410. The van der Waals surface area contributed by atoms with Gasteiger partial charge in [-0.25, -0.2) is 0 Å². The van der Waals surface area contributed by atoms with Crippen LogP contribution in [0.1, 0.15) is 64.2 Å². The van der Waals surface area contributed by atoms with E-state index in [2.05, 4.69) is 38.2 Å². The molecular weight excluding hydrogens is 413 g/mol. The Bertz CT molecular complexity index is 440. The fourth-order valence-electron chi connectivity index (χ4n) is 3.21. The molecule has 1 amide bonds. The predicted octanol–water partition coefficient (Wildman–Crippen LogP) is 5.57. The first kappa shape index (κ1) is 20.8. The second-order valence-corrected chi connectivity index (χ2v) is 21.8. The van der Waals surface area contributed by atoms with Gasteiger partial charge in [0, 0.05) is 0 Å². The summed E-state index contributed by atoms with van der Waals surface area (Å²) in [5.41, 5.74) is 0. The standard InChI is InChI=1S/C6H6NO2S.3C4H9.Sn/c8-6(9)7-4-5-2-1-3-10-5;3*1-3-4-2;/h1-2,7H,4H2,(H,8,9);3*1,3-4H2,2H3;. The number of hydrogen-bond acceptors (Lipinski definition) is 2. The monoisotopic (exact) mass is 447 g/mol. The van der Waals surface area contributed by atoms with Gasteiger partial charge in [0.2, 0.25) is 0 Å². The van der Waals surface area contributed by atoms with Crippen LogP contribution in [0.25, 0.3) is 0 Å². The van der Waals surface area contributed by atoms with Crippen LogP contribution in [-0.4, -0.2) is 29.6 Å². The van der Waals surface area contributed by atoms with Gasteiger partial charge in [0.05, 0.1) is 0 Å². The van der Waals surface area contributed by atoms with Gasteiger partial charge in [-0.2, -0.15) is 0 Å². The number of amides is 1. The summed E-state index contributed by atoms with van der Waals surface area (Å²) in [5.74, 6) is 0. The topological polar surface area (TPSA) is 49.3 Å². The Labute approximate surface area is 149 Å². The molecule has 0 spiro atoms. The number of rotatable bonds is 12. The number of carboxylic acid groups (broad SMARTS) is 1. The van der Waals surface area contributed by atoms with E-state index in [1.807, 2.05) is 11.3 Å². The van der Waals surface area contributed by atoms with Crippen molar-refractivity contribution in [1.29, 1.82) is 0 Å². The number of carbonyl (C=O) groups is 1. The Balaban J connectivity index is 2.96. The van der Waals surface area contributed by atoms with Crippen molar-refractivity contribution in [3.63, 3.8) is 0 Å². The van der Waals surface area contributed by atoms with E-state index in [4.69, 9.17) is 5.11 Å². The quantitative estimate of drug-likeness (QED) is 0.413. The first-order valence-corrected chi connectivity index (χ1v) is 17.4. The third-order valence-electron chi connectivity index (χ3n) is 4.62. The SMILES string of the molecule is CCC[CH2][Sn]([CH2]CCC)([CH2]CCC)[c]1ccc(CNC(=O)O)s1. The summed E-state index contributed by atoms with van der Waals surface area (Å²) in [5, 5.41) is 11.3. The normalized spacial score (nSPS) is 11.6. The third-order valence-corrected chi connectivity index (χ3v) is 24.0. The fraction of sp³-hybridized carbons (Fsp3) is 0.722. The molecule has 0 aliphatic rings. The van der Waals surface area contributed by atoms with Crippen molar-refractivity contribution in [3.05, 3.63) is 17.0 Å². The molecule has 0 aliphatic heterocycles. The average Bonchev–Trinajstić information content (AvgIpc) is 3.02. The summed E-state index contributed by atoms with van der Waals surface area (Å²) in [6.07, 6.45) is 7.03. The molecule has 0 fully saturated rings. The van der Waals surface area contributed by atoms with Crippen LogP contribution in [0, 0.1) is 0 Å². The van der Waals surface area contributed by atoms with Crippen LogP contribution in [-0.2, 0) is 6.54 Å². The minimum absolute atomic E-state index is 0.456. The van der Waals surface area contributed by atoms with E-state index in [0.29, 0.717) is 6.54 Å². The van der Waals surface area contributed by atoms with Gasteiger partial charge in [-0.1, -0.05) is 0 Å². The van der Waals surface area contributed by atoms with Gasteiger partial charge < -0.3 is 0 Å². The second-order valence-electron chi connectivity index (χ2n) is 6.52. The van der Waals surface area contributed by atoms with Crippen molar-refractivity contribution < 1.29 is 9.90 Å². The molecular formula is C18H33NO2SSn. The summed E-state index contributed by atoms with van der Waals surface area (Å²) in [7, 11) is 0. The molecule has 0 saturated carbocycles. The number of unbranched alkanes of at least 4 members (excludes halogenated alkanes) is 3. The molecule has 1 heterocycles. The van der Waals surface area contributed by atoms with Gasteiger partial charge in [0.15, 0.2) is 0 Å². The average molecular weight is 446 g/mol. The molecule has 1 aromatic heterocycles. The molecule has 1 aromatic rings. The van der Waals surface area contributed by atoms with Crippen LogP contribution >= 0.6 is 11.3 Å². The molecule has 0 unspecified atom stereocenters. The Morgan fingerprint density at radius 3 is 2.00 bits per heavy atom. The Morgan fingerprint density at radius 2 is 1.57 bits per heavy atom.